The monoisotopic (exact) mass is 467 g/mol. The molecule has 3 aromatic carbocycles. The Morgan fingerprint density at radius 2 is 1.63 bits per heavy atom. The first kappa shape index (κ1) is 22.0. The van der Waals surface area contributed by atoms with Crippen molar-refractivity contribution in [3.8, 4) is 22.9 Å². The predicted molar refractivity (Wildman–Crippen MR) is 128 cm³/mol. The summed E-state index contributed by atoms with van der Waals surface area (Å²) < 4.78 is 11.9. The van der Waals surface area contributed by atoms with Crippen LogP contribution >= 0.6 is 0 Å². The van der Waals surface area contributed by atoms with Crippen molar-refractivity contribution in [3.63, 3.8) is 0 Å². The van der Waals surface area contributed by atoms with Crippen molar-refractivity contribution in [2.45, 2.75) is 19.8 Å². The van der Waals surface area contributed by atoms with Crippen molar-refractivity contribution in [3.05, 3.63) is 96.2 Å². The molecule has 174 valence electrons. The zero-order valence-electron chi connectivity index (χ0n) is 18.6. The Bertz CT molecular complexity index is 1470. The van der Waals surface area contributed by atoms with E-state index in [1.54, 1.807) is 0 Å². The molecule has 0 unspecified atom stereocenters. The van der Waals surface area contributed by atoms with E-state index >= 15 is 0 Å². The normalized spacial score (nSPS) is 10.9. The van der Waals surface area contributed by atoms with Gasteiger partial charge in [-0.25, -0.2) is 4.98 Å². The van der Waals surface area contributed by atoms with E-state index < -0.39 is 5.97 Å². The number of carbonyl (C=O) groups is 1. The topological polar surface area (TPSA) is 112 Å². The molecule has 0 fully saturated rings. The highest BCUT2D eigenvalue weighted by Gasteiger charge is 2.09. The van der Waals surface area contributed by atoms with Gasteiger partial charge in [-0.15, -0.1) is 10.2 Å². The van der Waals surface area contributed by atoms with Gasteiger partial charge in [-0.1, -0.05) is 54.6 Å². The summed E-state index contributed by atoms with van der Waals surface area (Å²) in [5, 5.41) is 21.6. The standard InChI is InChI=1S/C26H21N5O4/c32-25(33)15-31-29-26(28-30-31)20-10-8-18(9-11-20)16-34-22-5-3-6-23(14-22)35-17-21-13-12-19-4-1-2-7-24(19)27-21/h1-14H,15-17H2,(H,32,33). The smallest absolute Gasteiger partial charge is 0.327 e. The van der Waals surface area contributed by atoms with E-state index in [9.17, 15) is 4.79 Å². The van der Waals surface area contributed by atoms with Crippen molar-refractivity contribution in [1.29, 1.82) is 0 Å². The third kappa shape index (κ3) is 5.59. The number of ether oxygens (including phenoxy) is 2. The number of pyridine rings is 1. The lowest BCUT2D eigenvalue weighted by atomic mass is 10.1. The summed E-state index contributed by atoms with van der Waals surface area (Å²) in [6, 6.07) is 27.0. The number of rotatable bonds is 9. The van der Waals surface area contributed by atoms with Crippen LogP contribution in [0.3, 0.4) is 0 Å². The number of tetrazole rings is 1. The van der Waals surface area contributed by atoms with Crippen molar-refractivity contribution >= 4 is 16.9 Å². The molecule has 0 bridgehead atoms. The molecule has 0 aliphatic carbocycles. The largest absolute Gasteiger partial charge is 0.489 e. The van der Waals surface area contributed by atoms with Crippen molar-refractivity contribution in [1.82, 2.24) is 25.2 Å². The molecule has 9 heteroatoms. The summed E-state index contributed by atoms with van der Waals surface area (Å²) in [5.41, 5.74) is 3.49. The number of para-hydroxylation sites is 1. The molecule has 5 rings (SSSR count). The highest BCUT2D eigenvalue weighted by atomic mass is 16.5. The third-order valence-electron chi connectivity index (χ3n) is 5.20. The van der Waals surface area contributed by atoms with E-state index in [1.807, 2.05) is 84.9 Å². The van der Waals surface area contributed by atoms with Crippen LogP contribution in [-0.2, 0) is 24.6 Å². The number of carboxylic acid groups (broad SMARTS) is 1. The molecule has 0 spiro atoms. The minimum Gasteiger partial charge on any atom is -0.489 e. The number of hydrogen-bond acceptors (Lipinski definition) is 7. The van der Waals surface area contributed by atoms with Crippen molar-refractivity contribution in [2.24, 2.45) is 0 Å². The number of nitrogens with zero attached hydrogens (tertiary/aromatic N) is 5. The quantitative estimate of drug-likeness (QED) is 0.344. The summed E-state index contributed by atoms with van der Waals surface area (Å²) in [4.78, 5) is 16.4. The van der Waals surface area contributed by atoms with E-state index in [0.717, 1.165) is 32.5 Å². The maximum atomic E-state index is 10.8. The summed E-state index contributed by atoms with van der Waals surface area (Å²) in [5.74, 6) is 0.727. The van der Waals surface area contributed by atoms with Crippen LogP contribution < -0.4 is 9.47 Å². The van der Waals surface area contributed by atoms with Crippen LogP contribution in [0.15, 0.2) is 84.9 Å². The lowest BCUT2D eigenvalue weighted by molar-refractivity contribution is -0.138. The Balaban J connectivity index is 1.17. The second-order valence-electron chi connectivity index (χ2n) is 7.78. The van der Waals surface area contributed by atoms with Crippen LogP contribution in [0.25, 0.3) is 22.3 Å². The first-order chi connectivity index (χ1) is 17.1. The highest BCUT2D eigenvalue weighted by molar-refractivity contribution is 5.78. The van der Waals surface area contributed by atoms with Gasteiger partial charge in [0.05, 0.1) is 11.2 Å². The molecule has 0 radical (unpaired) electrons. The summed E-state index contributed by atoms with van der Waals surface area (Å²) in [6.45, 7) is 0.399. The van der Waals surface area contributed by atoms with E-state index in [0.29, 0.717) is 30.5 Å². The molecule has 9 nitrogen and oxygen atoms in total. The average Bonchev–Trinajstić information content (AvgIpc) is 3.34. The molecule has 0 saturated heterocycles. The van der Waals surface area contributed by atoms with Gasteiger partial charge in [0.15, 0.2) is 6.54 Å². The fourth-order valence-corrected chi connectivity index (χ4v) is 3.46. The number of carboxylic acids is 1. The van der Waals surface area contributed by atoms with Crippen LogP contribution in [0.4, 0.5) is 0 Å². The summed E-state index contributed by atoms with van der Waals surface area (Å²) in [6.07, 6.45) is 0. The van der Waals surface area contributed by atoms with Crippen LogP contribution in [0.5, 0.6) is 11.5 Å². The van der Waals surface area contributed by atoms with E-state index in [1.165, 1.54) is 0 Å². The lowest BCUT2D eigenvalue weighted by Gasteiger charge is -2.10. The molecule has 1 N–H and O–H groups in total. The molecular weight excluding hydrogens is 446 g/mol. The number of benzene rings is 3. The predicted octanol–water partition coefficient (Wildman–Crippen LogP) is 4.13. The van der Waals surface area contributed by atoms with Gasteiger partial charge < -0.3 is 14.6 Å². The molecule has 0 atom stereocenters. The Kier molecular flexibility index (Phi) is 6.29. The summed E-state index contributed by atoms with van der Waals surface area (Å²) >= 11 is 0. The fraction of sp³-hybridized carbons (Fsp3) is 0.115. The molecule has 35 heavy (non-hydrogen) atoms. The maximum absolute atomic E-state index is 10.8. The molecular formula is C26H21N5O4. The van der Waals surface area contributed by atoms with Crippen LogP contribution in [0.1, 0.15) is 11.3 Å². The van der Waals surface area contributed by atoms with Crippen LogP contribution in [0.2, 0.25) is 0 Å². The molecule has 0 aliphatic rings. The molecule has 5 aromatic rings. The second-order valence-corrected chi connectivity index (χ2v) is 7.78. The number of aromatic nitrogens is 5. The molecule has 2 heterocycles. The molecule has 2 aromatic heterocycles. The lowest BCUT2D eigenvalue weighted by Crippen LogP contribution is -2.11. The summed E-state index contributed by atoms with van der Waals surface area (Å²) in [7, 11) is 0. The Morgan fingerprint density at radius 1 is 0.857 bits per heavy atom. The van der Waals surface area contributed by atoms with Gasteiger partial charge in [0.25, 0.3) is 0 Å². The minimum absolute atomic E-state index is 0.333. The van der Waals surface area contributed by atoms with Gasteiger partial charge >= 0.3 is 5.97 Å². The minimum atomic E-state index is -1.03. The van der Waals surface area contributed by atoms with Gasteiger partial charge in [-0.05, 0) is 35.0 Å². The SMILES string of the molecule is O=C(O)Cn1nnc(-c2ccc(COc3cccc(OCc4ccc5ccccc5n4)c3)cc2)n1. The van der Waals surface area contributed by atoms with E-state index in [4.69, 9.17) is 14.6 Å². The van der Waals surface area contributed by atoms with Gasteiger partial charge in [0.1, 0.15) is 24.7 Å². The zero-order chi connectivity index (χ0) is 24.0. The Morgan fingerprint density at radius 3 is 2.43 bits per heavy atom. The number of aliphatic carboxylic acids is 1. The molecule has 0 amide bonds. The molecule has 0 saturated carbocycles. The third-order valence-corrected chi connectivity index (χ3v) is 5.20. The zero-order valence-corrected chi connectivity index (χ0v) is 18.6. The van der Waals surface area contributed by atoms with E-state index in [-0.39, 0.29) is 6.54 Å². The molecule has 0 aliphatic heterocycles. The van der Waals surface area contributed by atoms with Gasteiger partial charge in [0, 0.05) is 17.0 Å². The maximum Gasteiger partial charge on any atom is 0.327 e. The van der Waals surface area contributed by atoms with Gasteiger partial charge in [-0.2, -0.15) is 4.80 Å². The van der Waals surface area contributed by atoms with Gasteiger partial charge in [-0.3, -0.25) is 4.79 Å². The first-order valence-corrected chi connectivity index (χ1v) is 10.9. The van der Waals surface area contributed by atoms with E-state index in [2.05, 4.69) is 20.4 Å². The Labute approximate surface area is 200 Å². The fourth-order valence-electron chi connectivity index (χ4n) is 3.46. The average molecular weight is 467 g/mol. The Hall–Kier alpha value is -4.79. The van der Waals surface area contributed by atoms with Crippen molar-refractivity contribution in [2.75, 3.05) is 0 Å². The number of hydrogen-bond donors (Lipinski definition) is 1. The first-order valence-electron chi connectivity index (χ1n) is 10.9. The van der Waals surface area contributed by atoms with Crippen molar-refractivity contribution < 1.29 is 19.4 Å². The van der Waals surface area contributed by atoms with Crippen LogP contribution in [0, 0.1) is 0 Å². The highest BCUT2D eigenvalue weighted by Crippen LogP contribution is 2.22. The second kappa shape index (κ2) is 10.0. The van der Waals surface area contributed by atoms with Gasteiger partial charge in [0.2, 0.25) is 5.82 Å². The number of fused-ring (bicyclic) bond motifs is 1. The van der Waals surface area contributed by atoms with Crippen LogP contribution in [-0.4, -0.2) is 36.3 Å².